The standard InChI is InChI=1S/C17H18N4O2/c1-2-14-10-19-21(11-14)17(8-9-18)12-20(13-17)23-16(22)15-6-4-3-5-7-15/h3-7,10-11H,2,8,12-13H2,1H3. The van der Waals surface area contributed by atoms with Crippen molar-refractivity contribution >= 4 is 5.97 Å². The molecule has 0 aliphatic carbocycles. The summed E-state index contributed by atoms with van der Waals surface area (Å²) in [5, 5.41) is 15.1. The molecular formula is C17H18N4O2. The van der Waals surface area contributed by atoms with Crippen molar-refractivity contribution in [1.29, 1.82) is 5.26 Å². The average molecular weight is 310 g/mol. The number of nitriles is 1. The van der Waals surface area contributed by atoms with Crippen LogP contribution in [0.5, 0.6) is 0 Å². The number of aryl methyl sites for hydroxylation is 1. The van der Waals surface area contributed by atoms with Crippen molar-refractivity contribution in [2.45, 2.75) is 25.3 Å². The van der Waals surface area contributed by atoms with Gasteiger partial charge in [0.15, 0.2) is 0 Å². The fraction of sp³-hybridized carbons (Fsp3) is 0.353. The second kappa shape index (κ2) is 6.23. The first-order valence-electron chi connectivity index (χ1n) is 7.60. The summed E-state index contributed by atoms with van der Waals surface area (Å²) < 4.78 is 1.84. The van der Waals surface area contributed by atoms with Gasteiger partial charge < -0.3 is 4.84 Å². The fourth-order valence-corrected chi connectivity index (χ4v) is 2.71. The van der Waals surface area contributed by atoms with Crippen molar-refractivity contribution in [1.82, 2.24) is 14.8 Å². The number of benzene rings is 1. The van der Waals surface area contributed by atoms with Crippen LogP contribution in [0, 0.1) is 11.3 Å². The first kappa shape index (κ1) is 15.3. The zero-order chi connectivity index (χ0) is 16.3. The highest BCUT2D eigenvalue weighted by atomic mass is 16.7. The van der Waals surface area contributed by atoms with Crippen LogP contribution in [0.3, 0.4) is 0 Å². The first-order valence-corrected chi connectivity index (χ1v) is 7.60. The van der Waals surface area contributed by atoms with Crippen LogP contribution in [0.1, 0.15) is 29.3 Å². The van der Waals surface area contributed by atoms with Crippen LogP contribution < -0.4 is 0 Å². The number of hydrogen-bond donors (Lipinski definition) is 0. The van der Waals surface area contributed by atoms with Gasteiger partial charge in [-0.3, -0.25) is 4.68 Å². The van der Waals surface area contributed by atoms with Crippen LogP contribution in [-0.4, -0.2) is 33.9 Å². The molecule has 118 valence electrons. The second-order valence-corrected chi connectivity index (χ2v) is 5.75. The van der Waals surface area contributed by atoms with Crippen LogP contribution in [0.2, 0.25) is 0 Å². The number of aromatic nitrogens is 2. The highest BCUT2D eigenvalue weighted by Gasteiger charge is 2.47. The molecule has 1 saturated heterocycles. The molecule has 0 saturated carbocycles. The smallest absolute Gasteiger partial charge is 0.357 e. The number of carbonyl (C=O) groups is 1. The van der Waals surface area contributed by atoms with Crippen molar-refractivity contribution in [3.63, 3.8) is 0 Å². The molecule has 1 aliphatic heterocycles. The third-order valence-corrected chi connectivity index (χ3v) is 4.10. The van der Waals surface area contributed by atoms with Crippen molar-refractivity contribution in [2.75, 3.05) is 13.1 Å². The van der Waals surface area contributed by atoms with Crippen LogP contribution in [-0.2, 0) is 16.8 Å². The summed E-state index contributed by atoms with van der Waals surface area (Å²) in [5.41, 5.74) is 1.22. The minimum absolute atomic E-state index is 0.331. The molecule has 1 aliphatic rings. The summed E-state index contributed by atoms with van der Waals surface area (Å²) in [7, 11) is 0. The van der Waals surface area contributed by atoms with Gasteiger partial charge in [0.05, 0.1) is 37.3 Å². The van der Waals surface area contributed by atoms with E-state index in [1.165, 1.54) is 0 Å². The Kier molecular flexibility index (Phi) is 4.13. The Morgan fingerprint density at radius 3 is 2.74 bits per heavy atom. The van der Waals surface area contributed by atoms with Gasteiger partial charge in [0, 0.05) is 6.20 Å². The summed E-state index contributed by atoms with van der Waals surface area (Å²) in [6.45, 7) is 2.99. The molecule has 0 N–H and O–H groups in total. The van der Waals surface area contributed by atoms with E-state index in [1.54, 1.807) is 29.3 Å². The van der Waals surface area contributed by atoms with Gasteiger partial charge in [-0.2, -0.15) is 10.4 Å². The van der Waals surface area contributed by atoms with Crippen LogP contribution in [0.15, 0.2) is 42.7 Å². The van der Waals surface area contributed by atoms with Gasteiger partial charge >= 0.3 is 5.97 Å². The molecule has 1 aromatic heterocycles. The lowest BCUT2D eigenvalue weighted by Crippen LogP contribution is -2.62. The Morgan fingerprint density at radius 1 is 1.39 bits per heavy atom. The molecular weight excluding hydrogens is 292 g/mol. The molecule has 0 unspecified atom stereocenters. The van der Waals surface area contributed by atoms with E-state index in [9.17, 15) is 4.79 Å². The van der Waals surface area contributed by atoms with Crippen molar-refractivity contribution in [3.8, 4) is 6.07 Å². The maximum Gasteiger partial charge on any atom is 0.357 e. The second-order valence-electron chi connectivity index (χ2n) is 5.75. The number of hydroxylamine groups is 2. The average Bonchev–Trinajstić information content (AvgIpc) is 3.02. The maximum absolute atomic E-state index is 12.1. The summed E-state index contributed by atoms with van der Waals surface area (Å²) in [4.78, 5) is 17.4. The van der Waals surface area contributed by atoms with Crippen molar-refractivity contribution in [2.24, 2.45) is 0 Å². The summed E-state index contributed by atoms with van der Waals surface area (Å²) >= 11 is 0. The molecule has 0 atom stereocenters. The molecule has 1 aromatic carbocycles. The Labute approximate surface area is 134 Å². The van der Waals surface area contributed by atoms with E-state index in [0.29, 0.717) is 25.1 Å². The predicted molar refractivity (Wildman–Crippen MR) is 83.2 cm³/mol. The fourth-order valence-electron chi connectivity index (χ4n) is 2.71. The maximum atomic E-state index is 12.1. The van der Waals surface area contributed by atoms with E-state index in [1.807, 2.05) is 23.1 Å². The Morgan fingerprint density at radius 2 is 2.13 bits per heavy atom. The summed E-state index contributed by atoms with van der Waals surface area (Å²) in [6, 6.07) is 11.1. The quantitative estimate of drug-likeness (QED) is 0.846. The van der Waals surface area contributed by atoms with E-state index in [2.05, 4.69) is 18.1 Å². The lowest BCUT2D eigenvalue weighted by Gasteiger charge is -2.46. The third kappa shape index (κ3) is 2.96. The van der Waals surface area contributed by atoms with Gasteiger partial charge in [-0.25, -0.2) is 4.79 Å². The molecule has 3 rings (SSSR count). The highest BCUT2D eigenvalue weighted by molar-refractivity contribution is 5.89. The van der Waals surface area contributed by atoms with Gasteiger partial charge in [-0.15, -0.1) is 5.06 Å². The summed E-state index contributed by atoms with van der Waals surface area (Å²) in [6.07, 6.45) is 5.01. The Balaban J connectivity index is 1.67. The minimum atomic E-state index is -0.418. The third-order valence-electron chi connectivity index (χ3n) is 4.10. The highest BCUT2D eigenvalue weighted by Crippen LogP contribution is 2.32. The molecule has 23 heavy (non-hydrogen) atoms. The van der Waals surface area contributed by atoms with E-state index in [4.69, 9.17) is 10.1 Å². The molecule has 2 aromatic rings. The van der Waals surface area contributed by atoms with Crippen LogP contribution in [0.4, 0.5) is 0 Å². The molecule has 0 radical (unpaired) electrons. The molecule has 0 amide bonds. The lowest BCUT2D eigenvalue weighted by atomic mass is 9.89. The molecule has 0 spiro atoms. The minimum Gasteiger partial charge on any atom is -0.364 e. The number of rotatable bonds is 5. The topological polar surface area (TPSA) is 71.2 Å². The monoisotopic (exact) mass is 310 g/mol. The SMILES string of the molecule is CCc1cnn(C2(CC#N)CN(OC(=O)c3ccccc3)C2)c1. The van der Waals surface area contributed by atoms with E-state index in [0.717, 1.165) is 12.0 Å². The zero-order valence-electron chi connectivity index (χ0n) is 13.0. The molecule has 6 nitrogen and oxygen atoms in total. The van der Waals surface area contributed by atoms with Gasteiger partial charge in [-0.1, -0.05) is 25.1 Å². The van der Waals surface area contributed by atoms with Gasteiger partial charge in [0.1, 0.15) is 5.54 Å². The largest absolute Gasteiger partial charge is 0.364 e. The van der Waals surface area contributed by atoms with Crippen LogP contribution >= 0.6 is 0 Å². The van der Waals surface area contributed by atoms with Crippen molar-refractivity contribution < 1.29 is 9.63 Å². The molecule has 0 bridgehead atoms. The zero-order valence-corrected chi connectivity index (χ0v) is 13.0. The Bertz CT molecular complexity index is 727. The van der Waals surface area contributed by atoms with Crippen molar-refractivity contribution in [3.05, 3.63) is 53.9 Å². The van der Waals surface area contributed by atoms with Gasteiger partial charge in [-0.05, 0) is 24.1 Å². The lowest BCUT2D eigenvalue weighted by molar-refractivity contribution is -0.203. The molecule has 6 heteroatoms. The molecule has 1 fully saturated rings. The van der Waals surface area contributed by atoms with E-state index in [-0.39, 0.29) is 5.97 Å². The normalized spacial score (nSPS) is 16.3. The predicted octanol–water partition coefficient (Wildman–Crippen LogP) is 2.14. The van der Waals surface area contributed by atoms with Gasteiger partial charge in [0.2, 0.25) is 0 Å². The van der Waals surface area contributed by atoms with E-state index >= 15 is 0 Å². The molecule has 2 heterocycles. The first-order chi connectivity index (χ1) is 11.2. The van der Waals surface area contributed by atoms with Gasteiger partial charge in [0.25, 0.3) is 0 Å². The Hall–Kier alpha value is -2.65. The number of carbonyl (C=O) groups excluding carboxylic acids is 1. The number of hydrogen-bond acceptors (Lipinski definition) is 5. The summed E-state index contributed by atoms with van der Waals surface area (Å²) in [5.74, 6) is -0.383. The van der Waals surface area contributed by atoms with E-state index < -0.39 is 5.54 Å². The van der Waals surface area contributed by atoms with Crippen LogP contribution in [0.25, 0.3) is 0 Å². The number of nitrogens with zero attached hydrogens (tertiary/aromatic N) is 4.